The first-order valence-corrected chi connectivity index (χ1v) is 7.33. The number of aryl methyl sites for hydroxylation is 1. The highest BCUT2D eigenvalue weighted by atomic mass is 16.5. The van der Waals surface area contributed by atoms with Gasteiger partial charge in [-0.05, 0) is 24.6 Å². The van der Waals surface area contributed by atoms with E-state index in [1.54, 1.807) is 11.9 Å². The van der Waals surface area contributed by atoms with Gasteiger partial charge in [-0.25, -0.2) is 0 Å². The van der Waals surface area contributed by atoms with Gasteiger partial charge in [0.25, 0.3) is 0 Å². The van der Waals surface area contributed by atoms with Gasteiger partial charge in [-0.3, -0.25) is 4.79 Å². The van der Waals surface area contributed by atoms with Crippen LogP contribution in [0.25, 0.3) is 0 Å². The molecule has 4 heteroatoms. The second-order valence-electron chi connectivity index (χ2n) is 5.31. The summed E-state index contributed by atoms with van der Waals surface area (Å²) in [7, 11) is 1.74. The fraction of sp³-hybridized carbons (Fsp3) is 0.278. The van der Waals surface area contributed by atoms with E-state index >= 15 is 0 Å². The Morgan fingerprint density at radius 1 is 1.14 bits per heavy atom. The standard InChI is InChI=1S/C18H22N2O2/c1-14-8-10-16(11-9-14)22-13-12-20(2)18(21)17(19)15-6-4-3-5-7-15/h3-11,17H,12-13,19H2,1-2H3. The van der Waals surface area contributed by atoms with Crippen LogP contribution in [-0.2, 0) is 4.79 Å². The molecule has 0 aliphatic carbocycles. The molecule has 116 valence electrons. The van der Waals surface area contributed by atoms with Crippen LogP contribution in [0, 0.1) is 6.92 Å². The summed E-state index contributed by atoms with van der Waals surface area (Å²) >= 11 is 0. The molecule has 2 N–H and O–H groups in total. The SMILES string of the molecule is Cc1ccc(OCCN(C)C(=O)C(N)c2ccccc2)cc1. The quantitative estimate of drug-likeness (QED) is 0.891. The topological polar surface area (TPSA) is 55.6 Å². The predicted molar refractivity (Wildman–Crippen MR) is 87.7 cm³/mol. The van der Waals surface area contributed by atoms with E-state index in [1.807, 2.05) is 61.5 Å². The zero-order chi connectivity index (χ0) is 15.9. The number of benzene rings is 2. The molecule has 1 unspecified atom stereocenters. The molecule has 1 amide bonds. The van der Waals surface area contributed by atoms with Gasteiger partial charge in [-0.1, -0.05) is 48.0 Å². The minimum atomic E-state index is -0.634. The molecule has 0 bridgehead atoms. The number of rotatable bonds is 6. The van der Waals surface area contributed by atoms with Gasteiger partial charge in [0.15, 0.2) is 0 Å². The summed E-state index contributed by atoms with van der Waals surface area (Å²) in [6.45, 7) is 2.96. The maximum Gasteiger partial charge on any atom is 0.243 e. The van der Waals surface area contributed by atoms with Crippen molar-refractivity contribution in [1.82, 2.24) is 4.90 Å². The molecule has 22 heavy (non-hydrogen) atoms. The summed E-state index contributed by atoms with van der Waals surface area (Å²) in [5.74, 6) is 0.692. The van der Waals surface area contributed by atoms with Crippen LogP contribution in [0.2, 0.25) is 0 Å². The third-order valence-electron chi connectivity index (χ3n) is 3.52. The minimum absolute atomic E-state index is 0.112. The predicted octanol–water partition coefficient (Wildman–Crippen LogP) is 2.53. The lowest BCUT2D eigenvalue weighted by Gasteiger charge is -2.21. The highest BCUT2D eigenvalue weighted by Gasteiger charge is 2.19. The van der Waals surface area contributed by atoms with Crippen LogP contribution in [0.15, 0.2) is 54.6 Å². The van der Waals surface area contributed by atoms with E-state index in [-0.39, 0.29) is 5.91 Å². The van der Waals surface area contributed by atoms with E-state index in [4.69, 9.17) is 10.5 Å². The molecule has 0 saturated heterocycles. The monoisotopic (exact) mass is 298 g/mol. The van der Waals surface area contributed by atoms with Crippen LogP contribution in [0.5, 0.6) is 5.75 Å². The van der Waals surface area contributed by atoms with Gasteiger partial charge in [-0.2, -0.15) is 0 Å². The average Bonchev–Trinajstić information content (AvgIpc) is 2.56. The third kappa shape index (κ3) is 4.33. The van der Waals surface area contributed by atoms with Crippen molar-refractivity contribution in [3.63, 3.8) is 0 Å². The van der Waals surface area contributed by atoms with E-state index in [9.17, 15) is 4.79 Å². The Morgan fingerprint density at radius 2 is 1.77 bits per heavy atom. The summed E-state index contributed by atoms with van der Waals surface area (Å²) in [4.78, 5) is 13.9. The van der Waals surface area contributed by atoms with Gasteiger partial charge < -0.3 is 15.4 Å². The fourth-order valence-corrected chi connectivity index (χ4v) is 2.09. The second-order valence-corrected chi connectivity index (χ2v) is 5.31. The summed E-state index contributed by atoms with van der Waals surface area (Å²) in [5, 5.41) is 0. The number of likely N-dealkylation sites (N-methyl/N-ethyl adjacent to an activating group) is 1. The summed E-state index contributed by atoms with van der Waals surface area (Å²) < 4.78 is 5.63. The van der Waals surface area contributed by atoms with E-state index in [0.717, 1.165) is 11.3 Å². The maximum absolute atomic E-state index is 12.3. The Labute approximate surface area is 131 Å². The number of nitrogens with zero attached hydrogens (tertiary/aromatic N) is 1. The Hall–Kier alpha value is -2.33. The first-order valence-electron chi connectivity index (χ1n) is 7.33. The lowest BCUT2D eigenvalue weighted by molar-refractivity contribution is -0.131. The van der Waals surface area contributed by atoms with Crippen LogP contribution in [0.1, 0.15) is 17.2 Å². The van der Waals surface area contributed by atoms with Gasteiger partial charge in [0, 0.05) is 7.05 Å². The van der Waals surface area contributed by atoms with Crippen molar-refractivity contribution in [3.8, 4) is 5.75 Å². The van der Waals surface area contributed by atoms with Crippen LogP contribution in [-0.4, -0.2) is 31.0 Å². The fourth-order valence-electron chi connectivity index (χ4n) is 2.09. The molecule has 0 aromatic heterocycles. The first-order chi connectivity index (χ1) is 10.6. The molecule has 2 aromatic carbocycles. The summed E-state index contributed by atoms with van der Waals surface area (Å²) in [5.41, 5.74) is 8.01. The van der Waals surface area contributed by atoms with E-state index in [2.05, 4.69) is 0 Å². The van der Waals surface area contributed by atoms with Crippen molar-refractivity contribution in [1.29, 1.82) is 0 Å². The highest BCUT2D eigenvalue weighted by molar-refractivity contribution is 5.82. The molecule has 0 saturated carbocycles. The Morgan fingerprint density at radius 3 is 2.41 bits per heavy atom. The van der Waals surface area contributed by atoms with Gasteiger partial charge in [-0.15, -0.1) is 0 Å². The Balaban J connectivity index is 1.82. The van der Waals surface area contributed by atoms with Gasteiger partial charge in [0.05, 0.1) is 6.54 Å². The molecule has 0 spiro atoms. The lowest BCUT2D eigenvalue weighted by Crippen LogP contribution is -2.38. The van der Waals surface area contributed by atoms with Crippen molar-refractivity contribution in [2.24, 2.45) is 5.73 Å². The third-order valence-corrected chi connectivity index (χ3v) is 3.52. The minimum Gasteiger partial charge on any atom is -0.492 e. The average molecular weight is 298 g/mol. The van der Waals surface area contributed by atoms with Crippen LogP contribution >= 0.6 is 0 Å². The molecule has 0 heterocycles. The van der Waals surface area contributed by atoms with Crippen LogP contribution in [0.4, 0.5) is 0 Å². The molecular weight excluding hydrogens is 276 g/mol. The molecule has 2 aromatic rings. The molecule has 4 nitrogen and oxygen atoms in total. The van der Waals surface area contributed by atoms with Crippen molar-refractivity contribution < 1.29 is 9.53 Å². The van der Waals surface area contributed by atoms with Crippen molar-refractivity contribution >= 4 is 5.91 Å². The highest BCUT2D eigenvalue weighted by Crippen LogP contribution is 2.13. The van der Waals surface area contributed by atoms with E-state index < -0.39 is 6.04 Å². The number of nitrogens with two attached hydrogens (primary N) is 1. The second kappa shape index (κ2) is 7.61. The van der Waals surface area contributed by atoms with Crippen molar-refractivity contribution in [2.45, 2.75) is 13.0 Å². The Bertz CT molecular complexity index is 596. The molecule has 0 fully saturated rings. The number of hydrogen-bond donors (Lipinski definition) is 1. The number of carbonyl (C=O) groups is 1. The van der Waals surface area contributed by atoms with Gasteiger partial charge in [0.1, 0.15) is 18.4 Å². The zero-order valence-corrected chi connectivity index (χ0v) is 13.0. The Kier molecular flexibility index (Phi) is 5.55. The molecule has 0 aliphatic heterocycles. The van der Waals surface area contributed by atoms with Gasteiger partial charge in [0.2, 0.25) is 5.91 Å². The number of amides is 1. The molecule has 0 aliphatic rings. The van der Waals surface area contributed by atoms with Crippen LogP contribution < -0.4 is 10.5 Å². The largest absolute Gasteiger partial charge is 0.492 e. The molecule has 0 radical (unpaired) electrons. The van der Waals surface area contributed by atoms with E-state index in [1.165, 1.54) is 5.56 Å². The molecular formula is C18H22N2O2. The van der Waals surface area contributed by atoms with Crippen LogP contribution in [0.3, 0.4) is 0 Å². The first kappa shape index (κ1) is 16.0. The van der Waals surface area contributed by atoms with Gasteiger partial charge >= 0.3 is 0 Å². The summed E-state index contributed by atoms with van der Waals surface area (Å²) in [6, 6.07) is 16.6. The number of ether oxygens (including phenoxy) is 1. The van der Waals surface area contributed by atoms with E-state index in [0.29, 0.717) is 13.2 Å². The lowest BCUT2D eigenvalue weighted by atomic mass is 10.1. The number of hydrogen-bond acceptors (Lipinski definition) is 3. The molecule has 1 atom stereocenters. The maximum atomic E-state index is 12.3. The van der Waals surface area contributed by atoms with Crippen molar-refractivity contribution in [2.75, 3.05) is 20.2 Å². The molecule has 2 rings (SSSR count). The van der Waals surface area contributed by atoms with Crippen molar-refractivity contribution in [3.05, 3.63) is 65.7 Å². The number of carbonyl (C=O) groups excluding carboxylic acids is 1. The normalized spacial score (nSPS) is 11.8. The smallest absolute Gasteiger partial charge is 0.243 e. The summed E-state index contributed by atoms with van der Waals surface area (Å²) in [6.07, 6.45) is 0. The zero-order valence-electron chi connectivity index (χ0n) is 13.0.